The van der Waals surface area contributed by atoms with Crippen LogP contribution in [-0.4, -0.2) is 17.9 Å². The average Bonchev–Trinajstić information content (AvgIpc) is 2.40. The second-order valence-electron chi connectivity index (χ2n) is 5.08. The van der Waals surface area contributed by atoms with Crippen LogP contribution in [0.1, 0.15) is 21.5 Å². The number of primary amides is 1. The Kier molecular flexibility index (Phi) is 4.55. The fourth-order valence-electron chi connectivity index (χ4n) is 2.19. The smallest absolute Gasteiger partial charge is 0.248 e. The molecule has 0 saturated heterocycles. The predicted molar refractivity (Wildman–Crippen MR) is 80.9 cm³/mol. The predicted octanol–water partition coefficient (Wildman–Crippen LogP) is 2.14. The lowest BCUT2D eigenvalue weighted by Crippen LogP contribution is -2.19. The number of carbonyl (C=O) groups is 1. The van der Waals surface area contributed by atoms with Crippen molar-refractivity contribution in [3.63, 3.8) is 0 Å². The maximum Gasteiger partial charge on any atom is 0.248 e. The maximum atomic E-state index is 13.1. The van der Waals surface area contributed by atoms with E-state index in [-0.39, 0.29) is 5.82 Å². The monoisotopic (exact) mass is 287 g/mol. The molecule has 1 amide bonds. The first-order valence-corrected chi connectivity index (χ1v) is 6.57. The molecule has 0 unspecified atom stereocenters. The highest BCUT2D eigenvalue weighted by molar-refractivity contribution is 5.93. The van der Waals surface area contributed by atoms with E-state index < -0.39 is 5.91 Å². The number of nitrogens with two attached hydrogens (primary N) is 2. The Balaban J connectivity index is 2.06. The standard InChI is InChI=1S/C16H18FN3O/c1-20(9-11-3-2-4-14(17)7-11)10-13-6-5-12(16(19)21)8-15(13)18/h2-8H,9-10,18H2,1H3,(H2,19,21). The molecule has 110 valence electrons. The van der Waals surface area contributed by atoms with Gasteiger partial charge in [0.2, 0.25) is 5.91 Å². The van der Waals surface area contributed by atoms with Gasteiger partial charge in [-0.2, -0.15) is 0 Å². The number of carbonyl (C=O) groups excluding carboxylic acids is 1. The van der Waals surface area contributed by atoms with Crippen molar-refractivity contribution in [1.29, 1.82) is 0 Å². The van der Waals surface area contributed by atoms with E-state index >= 15 is 0 Å². The molecule has 0 fully saturated rings. The second kappa shape index (κ2) is 6.37. The van der Waals surface area contributed by atoms with Crippen molar-refractivity contribution >= 4 is 11.6 Å². The Morgan fingerprint density at radius 1 is 1.19 bits per heavy atom. The van der Waals surface area contributed by atoms with E-state index in [2.05, 4.69) is 0 Å². The van der Waals surface area contributed by atoms with Crippen LogP contribution in [0.15, 0.2) is 42.5 Å². The zero-order valence-corrected chi connectivity index (χ0v) is 11.8. The Bertz CT molecular complexity index is 658. The van der Waals surface area contributed by atoms with E-state index in [1.807, 2.05) is 18.0 Å². The van der Waals surface area contributed by atoms with Crippen LogP contribution in [0.5, 0.6) is 0 Å². The summed E-state index contributed by atoms with van der Waals surface area (Å²) in [6, 6.07) is 11.5. The summed E-state index contributed by atoms with van der Waals surface area (Å²) >= 11 is 0. The highest BCUT2D eigenvalue weighted by atomic mass is 19.1. The molecule has 4 nitrogen and oxygen atoms in total. The zero-order chi connectivity index (χ0) is 15.4. The van der Waals surface area contributed by atoms with Gasteiger partial charge in [-0.05, 0) is 42.4 Å². The summed E-state index contributed by atoms with van der Waals surface area (Å²) in [7, 11) is 1.92. The van der Waals surface area contributed by atoms with Crippen LogP contribution in [0, 0.1) is 5.82 Å². The van der Waals surface area contributed by atoms with Crippen molar-refractivity contribution < 1.29 is 9.18 Å². The van der Waals surface area contributed by atoms with Crippen LogP contribution >= 0.6 is 0 Å². The van der Waals surface area contributed by atoms with Crippen LogP contribution in [-0.2, 0) is 13.1 Å². The number of hydrogen-bond acceptors (Lipinski definition) is 3. The van der Waals surface area contributed by atoms with E-state index in [0.29, 0.717) is 24.3 Å². The molecule has 0 atom stereocenters. The molecular formula is C16H18FN3O. The Hall–Kier alpha value is -2.40. The molecular weight excluding hydrogens is 269 g/mol. The summed E-state index contributed by atoms with van der Waals surface area (Å²) in [6.45, 7) is 1.20. The van der Waals surface area contributed by atoms with Crippen molar-refractivity contribution in [1.82, 2.24) is 4.90 Å². The molecule has 21 heavy (non-hydrogen) atoms. The first-order valence-electron chi connectivity index (χ1n) is 6.57. The number of nitrogen functional groups attached to an aromatic ring is 1. The molecule has 0 radical (unpaired) electrons. The maximum absolute atomic E-state index is 13.1. The van der Waals surface area contributed by atoms with Crippen molar-refractivity contribution in [3.05, 3.63) is 65.0 Å². The van der Waals surface area contributed by atoms with Crippen LogP contribution in [0.25, 0.3) is 0 Å². The fourth-order valence-corrected chi connectivity index (χ4v) is 2.19. The minimum atomic E-state index is -0.499. The number of anilines is 1. The number of amides is 1. The number of hydrogen-bond donors (Lipinski definition) is 2. The van der Waals surface area contributed by atoms with Gasteiger partial charge in [0.1, 0.15) is 5.82 Å². The number of halogens is 1. The van der Waals surface area contributed by atoms with Crippen molar-refractivity contribution in [2.24, 2.45) is 5.73 Å². The molecule has 0 aliphatic carbocycles. The molecule has 2 rings (SSSR count). The third-order valence-electron chi connectivity index (χ3n) is 3.21. The first kappa shape index (κ1) is 15.0. The average molecular weight is 287 g/mol. The zero-order valence-electron chi connectivity index (χ0n) is 11.8. The second-order valence-corrected chi connectivity index (χ2v) is 5.08. The topological polar surface area (TPSA) is 72.3 Å². The highest BCUT2D eigenvalue weighted by Crippen LogP contribution is 2.17. The van der Waals surface area contributed by atoms with E-state index in [4.69, 9.17) is 11.5 Å². The van der Waals surface area contributed by atoms with Gasteiger partial charge in [-0.1, -0.05) is 18.2 Å². The van der Waals surface area contributed by atoms with Crippen molar-refractivity contribution in [2.75, 3.05) is 12.8 Å². The fraction of sp³-hybridized carbons (Fsp3) is 0.188. The molecule has 0 saturated carbocycles. The van der Waals surface area contributed by atoms with Gasteiger partial charge in [0, 0.05) is 24.3 Å². The van der Waals surface area contributed by atoms with Gasteiger partial charge in [-0.25, -0.2) is 4.39 Å². The van der Waals surface area contributed by atoms with Gasteiger partial charge in [-0.3, -0.25) is 9.69 Å². The molecule has 0 heterocycles. The summed E-state index contributed by atoms with van der Waals surface area (Å²) in [5, 5.41) is 0. The van der Waals surface area contributed by atoms with E-state index in [1.165, 1.54) is 12.1 Å². The molecule has 0 bridgehead atoms. The summed E-state index contributed by atoms with van der Waals surface area (Å²) in [4.78, 5) is 13.1. The third-order valence-corrected chi connectivity index (χ3v) is 3.21. The minimum absolute atomic E-state index is 0.244. The van der Waals surface area contributed by atoms with E-state index in [0.717, 1.165) is 11.1 Å². The van der Waals surface area contributed by atoms with E-state index in [1.54, 1.807) is 24.3 Å². The molecule has 2 aromatic rings. The molecule has 2 aromatic carbocycles. The van der Waals surface area contributed by atoms with Crippen LogP contribution < -0.4 is 11.5 Å². The van der Waals surface area contributed by atoms with Crippen LogP contribution in [0.2, 0.25) is 0 Å². The normalized spacial score (nSPS) is 10.8. The van der Waals surface area contributed by atoms with Crippen molar-refractivity contribution in [3.8, 4) is 0 Å². The van der Waals surface area contributed by atoms with Gasteiger partial charge >= 0.3 is 0 Å². The van der Waals surface area contributed by atoms with Crippen LogP contribution in [0.4, 0.5) is 10.1 Å². The first-order chi connectivity index (χ1) is 9.95. The molecule has 0 aliphatic rings. The summed E-state index contributed by atoms with van der Waals surface area (Å²) in [5.41, 5.74) is 13.9. The Morgan fingerprint density at radius 2 is 1.95 bits per heavy atom. The Morgan fingerprint density at radius 3 is 2.57 bits per heavy atom. The number of rotatable bonds is 5. The summed E-state index contributed by atoms with van der Waals surface area (Å²) in [6.07, 6.45) is 0. The van der Waals surface area contributed by atoms with E-state index in [9.17, 15) is 9.18 Å². The van der Waals surface area contributed by atoms with Gasteiger partial charge in [0.15, 0.2) is 0 Å². The van der Waals surface area contributed by atoms with Gasteiger partial charge in [0.05, 0.1) is 0 Å². The largest absolute Gasteiger partial charge is 0.398 e. The lowest BCUT2D eigenvalue weighted by molar-refractivity contribution is 0.100. The third kappa shape index (κ3) is 4.03. The summed E-state index contributed by atoms with van der Waals surface area (Å²) < 4.78 is 13.1. The number of nitrogens with zero attached hydrogens (tertiary/aromatic N) is 1. The van der Waals surface area contributed by atoms with Crippen molar-refractivity contribution in [2.45, 2.75) is 13.1 Å². The van der Waals surface area contributed by atoms with Gasteiger partial charge in [0.25, 0.3) is 0 Å². The number of benzene rings is 2. The SMILES string of the molecule is CN(Cc1cccc(F)c1)Cc1ccc(C(N)=O)cc1N. The molecule has 0 spiro atoms. The van der Waals surface area contributed by atoms with Gasteiger partial charge in [-0.15, -0.1) is 0 Å². The highest BCUT2D eigenvalue weighted by Gasteiger charge is 2.08. The summed E-state index contributed by atoms with van der Waals surface area (Å²) in [5.74, 6) is -0.743. The van der Waals surface area contributed by atoms with Gasteiger partial charge < -0.3 is 11.5 Å². The molecule has 4 N–H and O–H groups in total. The van der Waals surface area contributed by atoms with Crippen LogP contribution in [0.3, 0.4) is 0 Å². The quantitative estimate of drug-likeness (QED) is 0.828. The molecule has 0 aliphatic heterocycles. The Labute approximate surface area is 123 Å². The molecule has 5 heteroatoms. The molecule has 0 aromatic heterocycles. The lowest BCUT2D eigenvalue weighted by Gasteiger charge is -2.18. The minimum Gasteiger partial charge on any atom is -0.398 e. The lowest BCUT2D eigenvalue weighted by atomic mass is 10.1.